The summed E-state index contributed by atoms with van der Waals surface area (Å²) in [6.07, 6.45) is 1.50. The number of rotatable bonds is 6. The molecule has 1 fully saturated rings. The van der Waals surface area contributed by atoms with E-state index in [4.69, 9.17) is 14.2 Å². The maximum atomic E-state index is 13.3. The Bertz CT molecular complexity index is 937. The first-order valence-electron chi connectivity index (χ1n) is 10.6. The highest BCUT2D eigenvalue weighted by Crippen LogP contribution is 2.46. The second kappa shape index (κ2) is 8.69. The maximum Gasteiger partial charge on any atom is 0.292 e. The number of fused-ring (bicyclic) bond motifs is 2. The molecule has 0 bridgehead atoms. The van der Waals surface area contributed by atoms with Crippen molar-refractivity contribution in [3.63, 3.8) is 0 Å². The Hall–Kier alpha value is -1.89. The summed E-state index contributed by atoms with van der Waals surface area (Å²) in [7, 11) is 0. The quantitative estimate of drug-likeness (QED) is 0.535. The van der Waals surface area contributed by atoms with Crippen molar-refractivity contribution < 1.29 is 19.0 Å². The van der Waals surface area contributed by atoms with Gasteiger partial charge in [0.15, 0.2) is 0 Å². The van der Waals surface area contributed by atoms with Crippen LogP contribution in [0.5, 0.6) is 5.75 Å². The van der Waals surface area contributed by atoms with Crippen molar-refractivity contribution in [2.24, 2.45) is 0 Å². The largest absolute Gasteiger partial charge is 0.493 e. The Morgan fingerprint density at radius 1 is 1.17 bits per heavy atom. The third-order valence-corrected chi connectivity index (χ3v) is 6.10. The second-order valence-electron chi connectivity index (χ2n) is 8.18. The molecular weight excluding hydrogens is 446 g/mol. The highest BCUT2D eigenvalue weighted by Gasteiger charge is 2.54. The summed E-state index contributed by atoms with van der Waals surface area (Å²) in [6, 6.07) is 12.2. The molecule has 0 saturated carbocycles. The first kappa shape index (κ1) is 21.3. The number of nitrogens with zero attached hydrogens (tertiary/aromatic N) is 1. The maximum absolute atomic E-state index is 13.3. The predicted octanol–water partition coefficient (Wildman–Crippen LogP) is 5.29. The fraction of sp³-hybridized carbons (Fsp3) is 0.458. The summed E-state index contributed by atoms with van der Waals surface area (Å²) in [6.45, 7) is 8.51. The van der Waals surface area contributed by atoms with Crippen molar-refractivity contribution in [2.75, 3.05) is 31.3 Å². The standard InChI is InChI=1S/C24H28BrNO4/c1-16(2)19-8-6-17(3)14-22(19)28-11-4-10-26-21-9-7-18(25)15-20(21)24(23(26)27)29-12-5-13-30-24/h6-9,14-16H,4-5,10-13H2,1-3H3. The van der Waals surface area contributed by atoms with Gasteiger partial charge in [0, 0.05) is 16.6 Å². The van der Waals surface area contributed by atoms with E-state index in [0.29, 0.717) is 38.7 Å². The lowest BCUT2D eigenvalue weighted by molar-refractivity contribution is -0.256. The highest BCUT2D eigenvalue weighted by molar-refractivity contribution is 9.10. The smallest absolute Gasteiger partial charge is 0.292 e. The molecule has 2 aliphatic heterocycles. The molecule has 6 heteroatoms. The summed E-state index contributed by atoms with van der Waals surface area (Å²) in [4.78, 5) is 15.1. The fourth-order valence-electron chi connectivity index (χ4n) is 4.09. The molecule has 160 valence electrons. The zero-order chi connectivity index (χ0) is 21.3. The van der Waals surface area contributed by atoms with E-state index in [1.54, 1.807) is 4.90 Å². The van der Waals surface area contributed by atoms with Crippen LogP contribution in [0.4, 0.5) is 5.69 Å². The van der Waals surface area contributed by atoms with Crippen molar-refractivity contribution in [2.45, 2.75) is 45.3 Å². The molecule has 0 N–H and O–H groups in total. The van der Waals surface area contributed by atoms with Gasteiger partial charge < -0.3 is 19.1 Å². The van der Waals surface area contributed by atoms with Gasteiger partial charge in [-0.05, 0) is 61.1 Å². The zero-order valence-corrected chi connectivity index (χ0v) is 19.3. The van der Waals surface area contributed by atoms with Crippen LogP contribution < -0.4 is 9.64 Å². The number of ether oxygens (including phenoxy) is 3. The first-order chi connectivity index (χ1) is 14.4. The fourth-order valence-corrected chi connectivity index (χ4v) is 4.45. The summed E-state index contributed by atoms with van der Waals surface area (Å²) < 4.78 is 18.8. The SMILES string of the molecule is Cc1ccc(C(C)C)c(OCCCN2C(=O)C3(OCCCO3)c3cc(Br)ccc32)c1. The van der Waals surface area contributed by atoms with Gasteiger partial charge in [-0.15, -0.1) is 0 Å². The monoisotopic (exact) mass is 473 g/mol. The van der Waals surface area contributed by atoms with Gasteiger partial charge in [0.05, 0.1) is 25.5 Å². The van der Waals surface area contributed by atoms with Gasteiger partial charge in [-0.1, -0.05) is 41.9 Å². The minimum atomic E-state index is -1.31. The molecule has 0 atom stereocenters. The van der Waals surface area contributed by atoms with Gasteiger partial charge in [0.25, 0.3) is 11.7 Å². The Balaban J connectivity index is 1.47. The molecule has 1 spiro atoms. The number of benzene rings is 2. The summed E-state index contributed by atoms with van der Waals surface area (Å²) in [5.41, 5.74) is 4.01. The van der Waals surface area contributed by atoms with Crippen LogP contribution in [0.2, 0.25) is 0 Å². The van der Waals surface area contributed by atoms with E-state index in [9.17, 15) is 4.79 Å². The summed E-state index contributed by atoms with van der Waals surface area (Å²) in [5.74, 6) is -0.127. The Labute approximate surface area is 186 Å². The molecule has 1 amide bonds. The number of hydrogen-bond acceptors (Lipinski definition) is 4. The van der Waals surface area contributed by atoms with E-state index in [1.807, 2.05) is 18.2 Å². The molecule has 5 nitrogen and oxygen atoms in total. The van der Waals surface area contributed by atoms with Gasteiger partial charge in [0.1, 0.15) is 5.75 Å². The van der Waals surface area contributed by atoms with Crippen LogP contribution in [0.1, 0.15) is 49.3 Å². The Kier molecular flexibility index (Phi) is 6.19. The minimum absolute atomic E-state index is 0.145. The average Bonchev–Trinajstić information content (AvgIpc) is 2.93. The molecule has 0 unspecified atom stereocenters. The van der Waals surface area contributed by atoms with Crippen molar-refractivity contribution >= 4 is 27.5 Å². The zero-order valence-electron chi connectivity index (χ0n) is 17.7. The number of amides is 1. The van der Waals surface area contributed by atoms with Gasteiger partial charge >= 0.3 is 0 Å². The lowest BCUT2D eigenvalue weighted by atomic mass is 10.0. The van der Waals surface area contributed by atoms with E-state index in [-0.39, 0.29) is 5.91 Å². The van der Waals surface area contributed by atoms with Crippen LogP contribution in [0, 0.1) is 6.92 Å². The number of carbonyl (C=O) groups excluding carboxylic acids is 1. The molecular formula is C24H28BrNO4. The topological polar surface area (TPSA) is 48.0 Å². The first-order valence-corrected chi connectivity index (χ1v) is 11.3. The van der Waals surface area contributed by atoms with Gasteiger partial charge in [-0.2, -0.15) is 0 Å². The second-order valence-corrected chi connectivity index (χ2v) is 9.10. The molecule has 4 rings (SSSR count). The van der Waals surface area contributed by atoms with Crippen LogP contribution in [0.15, 0.2) is 40.9 Å². The lowest BCUT2D eigenvalue weighted by Gasteiger charge is -2.32. The average molecular weight is 474 g/mol. The van der Waals surface area contributed by atoms with E-state index in [1.165, 1.54) is 11.1 Å². The van der Waals surface area contributed by atoms with Gasteiger partial charge in [-0.3, -0.25) is 4.79 Å². The number of halogens is 1. The third kappa shape index (κ3) is 3.88. The molecule has 30 heavy (non-hydrogen) atoms. The molecule has 1 saturated heterocycles. The van der Waals surface area contributed by atoms with Gasteiger partial charge in [0.2, 0.25) is 0 Å². The Morgan fingerprint density at radius 2 is 1.93 bits per heavy atom. The van der Waals surface area contributed by atoms with Crippen molar-refractivity contribution in [1.29, 1.82) is 0 Å². The van der Waals surface area contributed by atoms with Gasteiger partial charge in [-0.25, -0.2) is 0 Å². The van der Waals surface area contributed by atoms with Crippen LogP contribution in [-0.2, 0) is 20.1 Å². The highest BCUT2D eigenvalue weighted by atomic mass is 79.9. The van der Waals surface area contributed by atoms with E-state index in [2.05, 4.69) is 54.9 Å². The lowest BCUT2D eigenvalue weighted by Crippen LogP contribution is -2.47. The molecule has 2 aliphatic rings. The van der Waals surface area contributed by atoms with Crippen LogP contribution in [0.3, 0.4) is 0 Å². The van der Waals surface area contributed by atoms with E-state index >= 15 is 0 Å². The number of hydrogen-bond donors (Lipinski definition) is 0. The molecule has 0 aromatic heterocycles. The van der Waals surface area contributed by atoms with Crippen LogP contribution in [0.25, 0.3) is 0 Å². The molecule has 2 aromatic rings. The summed E-state index contributed by atoms with van der Waals surface area (Å²) >= 11 is 3.51. The summed E-state index contributed by atoms with van der Waals surface area (Å²) in [5, 5.41) is 0. The predicted molar refractivity (Wildman–Crippen MR) is 120 cm³/mol. The number of carbonyl (C=O) groups is 1. The number of aryl methyl sites for hydroxylation is 1. The van der Waals surface area contributed by atoms with E-state index in [0.717, 1.165) is 27.9 Å². The molecule has 0 radical (unpaired) electrons. The van der Waals surface area contributed by atoms with Crippen molar-refractivity contribution in [3.8, 4) is 5.75 Å². The van der Waals surface area contributed by atoms with Crippen molar-refractivity contribution in [3.05, 3.63) is 57.6 Å². The molecule has 2 heterocycles. The molecule has 0 aliphatic carbocycles. The third-order valence-electron chi connectivity index (χ3n) is 5.60. The minimum Gasteiger partial charge on any atom is -0.493 e. The number of anilines is 1. The molecule has 2 aromatic carbocycles. The van der Waals surface area contributed by atoms with Crippen molar-refractivity contribution in [1.82, 2.24) is 0 Å². The normalized spacial score (nSPS) is 17.6. The van der Waals surface area contributed by atoms with E-state index < -0.39 is 5.79 Å². The Morgan fingerprint density at radius 3 is 2.67 bits per heavy atom. The van der Waals surface area contributed by atoms with Crippen LogP contribution >= 0.6 is 15.9 Å². The van der Waals surface area contributed by atoms with Crippen LogP contribution in [-0.4, -0.2) is 32.3 Å².